The summed E-state index contributed by atoms with van der Waals surface area (Å²) >= 11 is 0. The third-order valence-corrected chi connectivity index (χ3v) is 3.83. The van der Waals surface area contributed by atoms with Crippen molar-refractivity contribution in [3.63, 3.8) is 0 Å². The summed E-state index contributed by atoms with van der Waals surface area (Å²) in [6.07, 6.45) is -1.35. The Morgan fingerprint density at radius 1 is 1.35 bits per heavy atom. The molecule has 116 valence electrons. The first-order valence-corrected chi connectivity index (χ1v) is 7.60. The van der Waals surface area contributed by atoms with Gasteiger partial charge in [0.25, 0.3) is 0 Å². The zero-order valence-corrected chi connectivity index (χ0v) is 11.9. The van der Waals surface area contributed by atoms with Crippen LogP contribution >= 0.6 is 0 Å². The Morgan fingerprint density at radius 2 is 2.10 bits per heavy atom. The molecule has 0 saturated carbocycles. The molecule has 0 unspecified atom stereocenters. The average molecular weight is 311 g/mol. The molecule has 4 atom stereocenters. The van der Waals surface area contributed by atoms with Crippen molar-refractivity contribution in [2.45, 2.75) is 43.7 Å². The second-order valence-corrected chi connectivity index (χ2v) is 6.59. The van der Waals surface area contributed by atoms with Gasteiger partial charge in [-0.15, -0.1) is 0 Å². The highest BCUT2D eigenvalue weighted by atomic mass is 32.2. The van der Waals surface area contributed by atoms with Gasteiger partial charge in [-0.1, -0.05) is 0 Å². The Kier molecular flexibility index (Phi) is 3.34. The lowest BCUT2D eigenvalue weighted by molar-refractivity contribution is -0.290. The molecule has 0 spiro atoms. The summed E-state index contributed by atoms with van der Waals surface area (Å²) in [6.45, 7) is 3.29. The largest absolute Gasteiger partial charge is 0.347 e. The first kappa shape index (κ1) is 14.6. The van der Waals surface area contributed by atoms with E-state index in [0.29, 0.717) is 0 Å². The Labute approximate surface area is 116 Å². The monoisotopic (exact) mass is 311 g/mol. The SMILES string of the molecule is CC1(C)O[C@H]2[C@@H]3OCO[C@@H]3CO[C@@]2(COS(N)(=O)=O)O1. The first-order chi connectivity index (χ1) is 9.21. The van der Waals surface area contributed by atoms with E-state index in [1.165, 1.54) is 0 Å². The van der Waals surface area contributed by atoms with Gasteiger partial charge in [0.1, 0.15) is 31.7 Å². The van der Waals surface area contributed by atoms with Crippen LogP contribution in [0.2, 0.25) is 0 Å². The Morgan fingerprint density at radius 3 is 2.80 bits per heavy atom. The van der Waals surface area contributed by atoms with Crippen LogP contribution in [0, 0.1) is 0 Å². The van der Waals surface area contributed by atoms with E-state index in [2.05, 4.69) is 4.18 Å². The van der Waals surface area contributed by atoms with E-state index in [1.807, 2.05) is 0 Å². The molecule has 0 aliphatic carbocycles. The van der Waals surface area contributed by atoms with Gasteiger partial charge < -0.3 is 23.7 Å². The van der Waals surface area contributed by atoms with Gasteiger partial charge in [0.15, 0.2) is 5.79 Å². The summed E-state index contributed by atoms with van der Waals surface area (Å²) < 4.78 is 54.6. The lowest BCUT2D eigenvalue weighted by atomic mass is 9.98. The molecule has 0 aromatic rings. The smallest absolute Gasteiger partial charge is 0.333 e. The predicted molar refractivity (Wildman–Crippen MR) is 62.4 cm³/mol. The van der Waals surface area contributed by atoms with Gasteiger partial charge in [-0.05, 0) is 13.8 Å². The van der Waals surface area contributed by atoms with E-state index in [0.717, 1.165) is 0 Å². The average Bonchev–Trinajstić information content (AvgIpc) is 2.86. The number of ether oxygens (including phenoxy) is 5. The topological polar surface area (TPSA) is 116 Å². The maximum Gasteiger partial charge on any atom is 0.333 e. The minimum Gasteiger partial charge on any atom is -0.347 e. The molecule has 3 rings (SSSR count). The zero-order chi connectivity index (χ0) is 14.6. The maximum absolute atomic E-state index is 11.0. The summed E-state index contributed by atoms with van der Waals surface area (Å²) in [7, 11) is -4.11. The Balaban J connectivity index is 1.85. The Bertz CT molecular complexity index is 493. The molecule has 0 aromatic carbocycles. The molecular weight excluding hydrogens is 294 g/mol. The van der Waals surface area contributed by atoms with E-state index in [9.17, 15) is 8.42 Å². The lowest BCUT2D eigenvalue weighted by Gasteiger charge is -2.40. The molecule has 10 heteroatoms. The molecule has 3 fully saturated rings. The molecule has 3 aliphatic heterocycles. The van der Waals surface area contributed by atoms with Crippen LogP contribution in [0.5, 0.6) is 0 Å². The Hall–Kier alpha value is -0.330. The molecule has 9 nitrogen and oxygen atoms in total. The molecule has 3 saturated heterocycles. The highest BCUT2D eigenvalue weighted by Gasteiger charge is 2.64. The summed E-state index contributed by atoms with van der Waals surface area (Å²) in [5.41, 5.74) is 0. The summed E-state index contributed by atoms with van der Waals surface area (Å²) in [5, 5.41) is 4.85. The number of fused-ring (bicyclic) bond motifs is 3. The lowest BCUT2D eigenvalue weighted by Crippen LogP contribution is -2.60. The molecule has 3 heterocycles. The second kappa shape index (κ2) is 4.58. The standard InChI is InChI=1S/C10H17NO8S/c1-9(2)18-8-7-6(14-5-15-7)3-16-10(8,19-9)4-17-20(11,12)13/h6-8H,3-5H2,1-2H3,(H2,11,12,13)/t6-,7-,8+,10+/m1/s1. The molecule has 0 aromatic heterocycles. The van der Waals surface area contributed by atoms with Crippen LogP contribution in [-0.2, 0) is 38.2 Å². The van der Waals surface area contributed by atoms with E-state index in [1.54, 1.807) is 13.8 Å². The highest BCUT2D eigenvalue weighted by Crippen LogP contribution is 2.45. The summed E-state index contributed by atoms with van der Waals surface area (Å²) in [5.74, 6) is -2.35. The van der Waals surface area contributed by atoms with Gasteiger partial charge in [-0.3, -0.25) is 4.18 Å². The molecule has 0 radical (unpaired) electrons. The van der Waals surface area contributed by atoms with Crippen LogP contribution in [0.4, 0.5) is 0 Å². The van der Waals surface area contributed by atoms with Crippen LogP contribution in [0.3, 0.4) is 0 Å². The van der Waals surface area contributed by atoms with E-state index >= 15 is 0 Å². The van der Waals surface area contributed by atoms with Crippen LogP contribution in [0.1, 0.15) is 13.8 Å². The minimum absolute atomic E-state index is 0.130. The fourth-order valence-corrected chi connectivity index (χ4v) is 3.02. The van der Waals surface area contributed by atoms with Crippen molar-refractivity contribution in [1.29, 1.82) is 0 Å². The summed E-state index contributed by atoms with van der Waals surface area (Å²) in [6, 6.07) is 0. The normalized spacial score (nSPS) is 43.2. The van der Waals surface area contributed by atoms with Crippen molar-refractivity contribution in [3.05, 3.63) is 0 Å². The van der Waals surface area contributed by atoms with E-state index in [-0.39, 0.29) is 19.5 Å². The molecule has 3 aliphatic rings. The van der Waals surface area contributed by atoms with Crippen LogP contribution in [0.25, 0.3) is 0 Å². The molecular formula is C10H17NO8S. The fourth-order valence-electron chi connectivity index (χ4n) is 2.70. The molecule has 20 heavy (non-hydrogen) atoms. The number of rotatable bonds is 3. The maximum atomic E-state index is 11.0. The number of nitrogens with two attached hydrogens (primary N) is 1. The molecule has 0 bridgehead atoms. The quantitative estimate of drug-likeness (QED) is 0.693. The van der Waals surface area contributed by atoms with E-state index < -0.39 is 40.7 Å². The van der Waals surface area contributed by atoms with Gasteiger partial charge >= 0.3 is 10.3 Å². The van der Waals surface area contributed by atoms with Crippen molar-refractivity contribution in [2.24, 2.45) is 5.14 Å². The highest BCUT2D eigenvalue weighted by molar-refractivity contribution is 7.84. The van der Waals surface area contributed by atoms with Crippen molar-refractivity contribution >= 4 is 10.3 Å². The van der Waals surface area contributed by atoms with Gasteiger partial charge in [0, 0.05) is 0 Å². The van der Waals surface area contributed by atoms with E-state index in [4.69, 9.17) is 28.8 Å². The van der Waals surface area contributed by atoms with Gasteiger partial charge in [-0.2, -0.15) is 8.42 Å². The van der Waals surface area contributed by atoms with Crippen LogP contribution in [0.15, 0.2) is 0 Å². The van der Waals surface area contributed by atoms with Crippen molar-refractivity contribution in [1.82, 2.24) is 0 Å². The summed E-state index contributed by atoms with van der Waals surface area (Å²) in [4.78, 5) is 0. The minimum atomic E-state index is -4.11. The first-order valence-electron chi connectivity index (χ1n) is 6.13. The van der Waals surface area contributed by atoms with Crippen molar-refractivity contribution in [2.75, 3.05) is 20.0 Å². The van der Waals surface area contributed by atoms with Crippen molar-refractivity contribution < 1.29 is 36.3 Å². The van der Waals surface area contributed by atoms with Gasteiger partial charge in [0.2, 0.25) is 5.79 Å². The van der Waals surface area contributed by atoms with Gasteiger partial charge in [-0.25, -0.2) is 5.14 Å². The van der Waals surface area contributed by atoms with Crippen LogP contribution < -0.4 is 5.14 Å². The second-order valence-electron chi connectivity index (χ2n) is 5.37. The number of hydrogen-bond acceptors (Lipinski definition) is 8. The molecule has 2 N–H and O–H groups in total. The third kappa shape index (κ3) is 2.57. The van der Waals surface area contributed by atoms with Crippen LogP contribution in [-0.4, -0.2) is 58.3 Å². The van der Waals surface area contributed by atoms with Gasteiger partial charge in [0.05, 0.1) is 6.61 Å². The third-order valence-electron chi connectivity index (χ3n) is 3.39. The molecule has 0 amide bonds. The predicted octanol–water partition coefficient (Wildman–Crippen LogP) is -1.17. The van der Waals surface area contributed by atoms with Crippen molar-refractivity contribution in [3.8, 4) is 0 Å². The zero-order valence-electron chi connectivity index (χ0n) is 11.1. The fraction of sp³-hybridized carbons (Fsp3) is 1.00. The number of hydrogen-bond donors (Lipinski definition) is 1.